The van der Waals surface area contributed by atoms with Crippen molar-refractivity contribution in [3.63, 3.8) is 0 Å². The summed E-state index contributed by atoms with van der Waals surface area (Å²) in [6.07, 6.45) is 0.739. The molecule has 3 aromatic rings. The summed E-state index contributed by atoms with van der Waals surface area (Å²) in [7, 11) is 1.72. The van der Waals surface area contributed by atoms with Crippen LogP contribution in [0.2, 0.25) is 0 Å². The minimum Gasteiger partial charge on any atom is -0.489 e. The van der Waals surface area contributed by atoms with E-state index in [2.05, 4.69) is 29.6 Å². The normalized spacial score (nSPS) is 10.7. The minimum atomic E-state index is -0.765. The number of likely N-dealkylation sites (N-methyl/N-ethyl adjacent to an activating group) is 1. The summed E-state index contributed by atoms with van der Waals surface area (Å²) in [4.78, 5) is 13.8. The van der Waals surface area contributed by atoms with Crippen LogP contribution in [0.15, 0.2) is 60.7 Å². The Labute approximate surface area is 162 Å². The van der Waals surface area contributed by atoms with Crippen LogP contribution in [-0.2, 0) is 6.42 Å². The fraction of sp³-hybridized carbons (Fsp3) is 0.227. The lowest BCUT2D eigenvalue weighted by molar-refractivity contribution is 0.205. The summed E-state index contributed by atoms with van der Waals surface area (Å²) in [5, 5.41) is 5.09. The second-order valence-corrected chi connectivity index (χ2v) is 6.46. The third-order valence-electron chi connectivity index (χ3n) is 4.47. The number of benzene rings is 3. The fourth-order valence-corrected chi connectivity index (χ4v) is 2.95. The molecule has 0 heterocycles. The highest BCUT2D eigenvalue weighted by Crippen LogP contribution is 2.19. The second kappa shape index (κ2) is 9.17. The molecule has 0 saturated carbocycles. The van der Waals surface area contributed by atoms with Crippen LogP contribution < -0.4 is 10.1 Å². The van der Waals surface area contributed by atoms with E-state index in [0.717, 1.165) is 18.6 Å². The van der Waals surface area contributed by atoms with Crippen LogP contribution in [0.1, 0.15) is 5.56 Å². The van der Waals surface area contributed by atoms with Gasteiger partial charge in [-0.25, -0.2) is 13.6 Å². The second-order valence-electron chi connectivity index (χ2n) is 6.46. The van der Waals surface area contributed by atoms with E-state index < -0.39 is 11.6 Å². The molecule has 3 aromatic carbocycles. The van der Waals surface area contributed by atoms with Crippen molar-refractivity contribution in [3.05, 3.63) is 77.9 Å². The van der Waals surface area contributed by atoms with Crippen LogP contribution in [0.4, 0.5) is 13.6 Å². The minimum absolute atomic E-state index is 0.0417. The molecule has 0 aliphatic heterocycles. The maximum Gasteiger partial charge on any atom is 0.317 e. The Morgan fingerprint density at radius 1 is 1.07 bits per heavy atom. The molecular weight excluding hydrogens is 362 g/mol. The van der Waals surface area contributed by atoms with E-state index in [9.17, 15) is 13.6 Å². The number of urea groups is 1. The predicted molar refractivity (Wildman–Crippen MR) is 106 cm³/mol. The van der Waals surface area contributed by atoms with Gasteiger partial charge in [0, 0.05) is 19.7 Å². The number of rotatable bonds is 7. The van der Waals surface area contributed by atoms with Crippen molar-refractivity contribution in [1.82, 2.24) is 10.2 Å². The molecule has 0 saturated heterocycles. The average molecular weight is 384 g/mol. The third-order valence-corrected chi connectivity index (χ3v) is 4.47. The number of carbonyl (C=O) groups is 1. The largest absolute Gasteiger partial charge is 0.489 e. The summed E-state index contributed by atoms with van der Waals surface area (Å²) >= 11 is 0. The Hall–Kier alpha value is -3.15. The molecule has 0 aliphatic carbocycles. The highest BCUT2D eigenvalue weighted by molar-refractivity contribution is 5.85. The maximum atomic E-state index is 13.5. The monoisotopic (exact) mass is 384 g/mol. The summed E-state index contributed by atoms with van der Waals surface area (Å²) < 4.78 is 31.6. The smallest absolute Gasteiger partial charge is 0.317 e. The van der Waals surface area contributed by atoms with Gasteiger partial charge in [0.2, 0.25) is 0 Å². The lowest BCUT2D eigenvalue weighted by Crippen LogP contribution is -2.40. The number of carbonyl (C=O) groups excluding carboxylic acids is 1. The molecule has 28 heavy (non-hydrogen) atoms. The molecule has 2 amide bonds. The standard InChI is InChI=1S/C22H22F2N2O2/c1-26(13-11-17-7-4-6-16-5-2-3-8-19(16)17)22(27)25-12-14-28-21-10-9-18(23)15-20(21)24/h2-10,15H,11-14H2,1H3,(H,25,27). The number of fused-ring (bicyclic) bond motifs is 1. The van der Waals surface area contributed by atoms with Crippen LogP contribution >= 0.6 is 0 Å². The van der Waals surface area contributed by atoms with E-state index in [4.69, 9.17) is 4.74 Å². The van der Waals surface area contributed by atoms with Gasteiger partial charge in [-0.15, -0.1) is 0 Å². The molecule has 1 N–H and O–H groups in total. The van der Waals surface area contributed by atoms with Gasteiger partial charge in [-0.3, -0.25) is 0 Å². The Morgan fingerprint density at radius 2 is 1.86 bits per heavy atom. The van der Waals surface area contributed by atoms with Crippen molar-refractivity contribution in [2.75, 3.05) is 26.7 Å². The Morgan fingerprint density at radius 3 is 2.68 bits per heavy atom. The van der Waals surface area contributed by atoms with E-state index in [1.54, 1.807) is 11.9 Å². The van der Waals surface area contributed by atoms with Crippen LogP contribution in [0.5, 0.6) is 5.75 Å². The molecule has 0 radical (unpaired) electrons. The molecule has 3 rings (SSSR count). The van der Waals surface area contributed by atoms with E-state index in [0.29, 0.717) is 6.54 Å². The first-order chi connectivity index (χ1) is 13.5. The summed E-state index contributed by atoms with van der Waals surface area (Å²) in [6.45, 7) is 0.868. The summed E-state index contributed by atoms with van der Waals surface area (Å²) in [5.41, 5.74) is 1.19. The number of hydrogen-bond donors (Lipinski definition) is 1. The maximum absolute atomic E-state index is 13.5. The van der Waals surface area contributed by atoms with Crippen molar-refractivity contribution >= 4 is 16.8 Å². The fourth-order valence-electron chi connectivity index (χ4n) is 2.95. The number of hydrogen-bond acceptors (Lipinski definition) is 2. The van der Waals surface area contributed by atoms with Crippen molar-refractivity contribution in [2.45, 2.75) is 6.42 Å². The van der Waals surface area contributed by atoms with Crippen molar-refractivity contribution in [2.24, 2.45) is 0 Å². The number of nitrogens with one attached hydrogen (secondary N) is 1. The number of nitrogens with zero attached hydrogens (tertiary/aromatic N) is 1. The lowest BCUT2D eigenvalue weighted by Gasteiger charge is -2.18. The van der Waals surface area contributed by atoms with Crippen LogP contribution in [0.3, 0.4) is 0 Å². The van der Waals surface area contributed by atoms with Crippen molar-refractivity contribution in [1.29, 1.82) is 0 Å². The van der Waals surface area contributed by atoms with Gasteiger partial charge >= 0.3 is 6.03 Å². The molecule has 0 bridgehead atoms. The van der Waals surface area contributed by atoms with Gasteiger partial charge in [0.15, 0.2) is 11.6 Å². The van der Waals surface area contributed by atoms with Crippen molar-refractivity contribution in [3.8, 4) is 5.75 Å². The van der Waals surface area contributed by atoms with Crippen LogP contribution in [0, 0.1) is 11.6 Å². The van der Waals surface area contributed by atoms with E-state index >= 15 is 0 Å². The van der Waals surface area contributed by atoms with Gasteiger partial charge in [0.25, 0.3) is 0 Å². The van der Waals surface area contributed by atoms with E-state index in [-0.39, 0.29) is 24.9 Å². The number of halogens is 2. The lowest BCUT2D eigenvalue weighted by atomic mass is 10.0. The highest BCUT2D eigenvalue weighted by atomic mass is 19.1. The summed E-state index contributed by atoms with van der Waals surface area (Å²) in [5.74, 6) is -1.47. The molecule has 146 valence electrons. The Bertz CT molecular complexity index is 957. The Balaban J connectivity index is 1.44. The topological polar surface area (TPSA) is 41.6 Å². The molecule has 4 nitrogen and oxygen atoms in total. The molecule has 0 fully saturated rings. The van der Waals surface area contributed by atoms with Crippen molar-refractivity contribution < 1.29 is 18.3 Å². The summed E-state index contributed by atoms with van der Waals surface area (Å²) in [6, 6.07) is 17.2. The van der Waals surface area contributed by atoms with Gasteiger partial charge in [0.05, 0.1) is 6.54 Å². The molecule has 0 unspecified atom stereocenters. The zero-order valence-corrected chi connectivity index (χ0v) is 15.6. The van der Waals surface area contributed by atoms with E-state index in [1.807, 2.05) is 18.2 Å². The van der Waals surface area contributed by atoms with Crippen LogP contribution in [0.25, 0.3) is 10.8 Å². The highest BCUT2D eigenvalue weighted by Gasteiger charge is 2.10. The first-order valence-electron chi connectivity index (χ1n) is 9.08. The first-order valence-corrected chi connectivity index (χ1v) is 9.08. The molecular formula is C22H22F2N2O2. The number of amides is 2. The van der Waals surface area contributed by atoms with Gasteiger partial charge in [-0.05, 0) is 34.9 Å². The van der Waals surface area contributed by atoms with E-state index in [1.165, 1.54) is 22.4 Å². The number of ether oxygens (including phenoxy) is 1. The zero-order valence-electron chi connectivity index (χ0n) is 15.6. The van der Waals surface area contributed by atoms with Gasteiger partial charge in [-0.2, -0.15) is 0 Å². The first kappa shape index (κ1) is 19.6. The Kier molecular flexibility index (Phi) is 6.42. The molecule has 0 atom stereocenters. The molecule has 0 spiro atoms. The molecule has 6 heteroatoms. The quantitative estimate of drug-likeness (QED) is 0.614. The van der Waals surface area contributed by atoms with Gasteiger partial charge < -0.3 is 15.0 Å². The van der Waals surface area contributed by atoms with Gasteiger partial charge in [-0.1, -0.05) is 42.5 Å². The average Bonchev–Trinajstić information content (AvgIpc) is 2.70. The van der Waals surface area contributed by atoms with Gasteiger partial charge in [0.1, 0.15) is 12.4 Å². The predicted octanol–water partition coefficient (Wildman–Crippen LogP) is 4.38. The third kappa shape index (κ3) is 4.97. The molecule has 0 aliphatic rings. The van der Waals surface area contributed by atoms with Crippen LogP contribution in [-0.4, -0.2) is 37.7 Å². The molecule has 0 aromatic heterocycles. The zero-order chi connectivity index (χ0) is 19.9. The SMILES string of the molecule is CN(CCc1cccc2ccccc12)C(=O)NCCOc1ccc(F)cc1F.